The van der Waals surface area contributed by atoms with Crippen LogP contribution < -0.4 is 4.90 Å². The van der Waals surface area contributed by atoms with Crippen molar-refractivity contribution in [3.63, 3.8) is 0 Å². The lowest BCUT2D eigenvalue weighted by Crippen LogP contribution is -2.41. The molecule has 5 heteroatoms. The van der Waals surface area contributed by atoms with E-state index >= 15 is 0 Å². The van der Waals surface area contributed by atoms with Gasteiger partial charge in [0.15, 0.2) is 0 Å². The Bertz CT molecular complexity index is 469. The number of aryl methyl sites for hydroxylation is 1. The van der Waals surface area contributed by atoms with Crippen LogP contribution in [0, 0.1) is 6.92 Å². The SMILES string of the molecule is Cc1cc(C2CCC2)nc(N(C)CCN2CCOCC2)n1. The molecule has 0 aromatic carbocycles. The van der Waals surface area contributed by atoms with Gasteiger partial charge in [-0.1, -0.05) is 6.42 Å². The lowest BCUT2D eigenvalue weighted by molar-refractivity contribution is 0.0392. The Balaban J connectivity index is 1.60. The molecular formula is C16H26N4O. The number of morpholine rings is 1. The van der Waals surface area contributed by atoms with Crippen molar-refractivity contribution >= 4 is 5.95 Å². The van der Waals surface area contributed by atoms with Gasteiger partial charge in [0.1, 0.15) is 0 Å². The zero-order valence-electron chi connectivity index (χ0n) is 13.2. The second-order valence-corrected chi connectivity index (χ2v) is 6.24. The van der Waals surface area contributed by atoms with Crippen LogP contribution >= 0.6 is 0 Å². The van der Waals surface area contributed by atoms with Gasteiger partial charge in [-0.2, -0.15) is 0 Å². The van der Waals surface area contributed by atoms with Crippen LogP contribution in [0.4, 0.5) is 5.95 Å². The maximum absolute atomic E-state index is 5.39. The summed E-state index contributed by atoms with van der Waals surface area (Å²) in [7, 11) is 2.10. The highest BCUT2D eigenvalue weighted by molar-refractivity contribution is 5.32. The molecule has 0 N–H and O–H groups in total. The molecule has 1 aliphatic carbocycles. The molecule has 21 heavy (non-hydrogen) atoms. The van der Waals surface area contributed by atoms with Crippen LogP contribution in [0.1, 0.15) is 36.6 Å². The highest BCUT2D eigenvalue weighted by atomic mass is 16.5. The third-order valence-corrected chi connectivity index (χ3v) is 4.58. The number of rotatable bonds is 5. The van der Waals surface area contributed by atoms with Crippen molar-refractivity contribution in [1.29, 1.82) is 0 Å². The molecule has 1 aromatic rings. The predicted molar refractivity (Wildman–Crippen MR) is 83.9 cm³/mol. The smallest absolute Gasteiger partial charge is 0.225 e. The maximum atomic E-state index is 5.39. The third kappa shape index (κ3) is 3.71. The van der Waals surface area contributed by atoms with Crippen molar-refractivity contribution in [2.45, 2.75) is 32.1 Å². The fourth-order valence-electron chi connectivity index (χ4n) is 2.88. The van der Waals surface area contributed by atoms with Gasteiger partial charge in [0.2, 0.25) is 5.95 Å². The molecule has 2 fully saturated rings. The highest BCUT2D eigenvalue weighted by Gasteiger charge is 2.22. The molecule has 0 radical (unpaired) electrons. The van der Waals surface area contributed by atoms with Crippen LogP contribution in [0.3, 0.4) is 0 Å². The molecule has 0 unspecified atom stereocenters. The molecule has 2 heterocycles. The maximum Gasteiger partial charge on any atom is 0.225 e. The van der Waals surface area contributed by atoms with E-state index in [1.165, 1.54) is 25.0 Å². The lowest BCUT2D eigenvalue weighted by Gasteiger charge is -2.29. The molecule has 0 atom stereocenters. The van der Waals surface area contributed by atoms with Gasteiger partial charge in [-0.25, -0.2) is 9.97 Å². The number of nitrogens with zero attached hydrogens (tertiary/aromatic N) is 4. The van der Waals surface area contributed by atoms with E-state index in [-0.39, 0.29) is 0 Å². The number of anilines is 1. The van der Waals surface area contributed by atoms with Crippen LogP contribution in [0.25, 0.3) is 0 Å². The summed E-state index contributed by atoms with van der Waals surface area (Å²) in [6, 6.07) is 2.16. The molecule has 0 bridgehead atoms. The van der Waals surface area contributed by atoms with Gasteiger partial charge in [-0.05, 0) is 25.8 Å². The van der Waals surface area contributed by atoms with Crippen LogP contribution in [0.2, 0.25) is 0 Å². The first-order valence-electron chi connectivity index (χ1n) is 8.09. The Labute approximate surface area is 127 Å². The van der Waals surface area contributed by atoms with Gasteiger partial charge in [0, 0.05) is 50.5 Å². The van der Waals surface area contributed by atoms with Gasteiger partial charge >= 0.3 is 0 Å². The van der Waals surface area contributed by atoms with E-state index in [0.717, 1.165) is 51.0 Å². The van der Waals surface area contributed by atoms with E-state index < -0.39 is 0 Å². The number of ether oxygens (including phenoxy) is 1. The second-order valence-electron chi connectivity index (χ2n) is 6.24. The number of hydrogen-bond donors (Lipinski definition) is 0. The summed E-state index contributed by atoms with van der Waals surface area (Å²) in [6.45, 7) is 7.88. The fraction of sp³-hybridized carbons (Fsp3) is 0.750. The van der Waals surface area contributed by atoms with E-state index in [0.29, 0.717) is 5.92 Å². The van der Waals surface area contributed by atoms with Crippen molar-refractivity contribution in [3.8, 4) is 0 Å². The molecule has 1 aromatic heterocycles. The van der Waals surface area contributed by atoms with E-state index in [4.69, 9.17) is 9.72 Å². The lowest BCUT2D eigenvalue weighted by atomic mass is 9.83. The Morgan fingerprint density at radius 1 is 1.29 bits per heavy atom. The molecule has 1 aliphatic heterocycles. The molecule has 2 aliphatic rings. The van der Waals surface area contributed by atoms with Crippen molar-refractivity contribution in [2.75, 3.05) is 51.3 Å². The number of aromatic nitrogens is 2. The summed E-state index contributed by atoms with van der Waals surface area (Å²) in [4.78, 5) is 14.0. The Morgan fingerprint density at radius 3 is 2.71 bits per heavy atom. The van der Waals surface area contributed by atoms with Crippen molar-refractivity contribution in [1.82, 2.24) is 14.9 Å². The first-order valence-corrected chi connectivity index (χ1v) is 8.09. The molecule has 5 nitrogen and oxygen atoms in total. The largest absolute Gasteiger partial charge is 0.379 e. The van der Waals surface area contributed by atoms with E-state index in [2.05, 4.69) is 34.8 Å². The average Bonchev–Trinajstić information content (AvgIpc) is 2.43. The Hall–Kier alpha value is -1.20. The zero-order valence-corrected chi connectivity index (χ0v) is 13.2. The number of likely N-dealkylation sites (N-methyl/N-ethyl adjacent to an activating group) is 1. The van der Waals surface area contributed by atoms with Gasteiger partial charge in [0.05, 0.1) is 13.2 Å². The minimum atomic E-state index is 0.665. The van der Waals surface area contributed by atoms with Crippen LogP contribution in [-0.2, 0) is 4.74 Å². The first-order chi connectivity index (χ1) is 10.2. The number of hydrogen-bond acceptors (Lipinski definition) is 5. The summed E-state index contributed by atoms with van der Waals surface area (Å²) in [5, 5.41) is 0. The zero-order chi connectivity index (χ0) is 14.7. The Morgan fingerprint density at radius 2 is 2.05 bits per heavy atom. The van der Waals surface area contributed by atoms with Crippen molar-refractivity contribution in [2.24, 2.45) is 0 Å². The van der Waals surface area contributed by atoms with Gasteiger partial charge in [-0.15, -0.1) is 0 Å². The molecular weight excluding hydrogens is 264 g/mol. The minimum absolute atomic E-state index is 0.665. The summed E-state index contributed by atoms with van der Waals surface area (Å²) >= 11 is 0. The first kappa shape index (κ1) is 14.7. The van der Waals surface area contributed by atoms with Crippen LogP contribution in [-0.4, -0.2) is 61.3 Å². The van der Waals surface area contributed by atoms with E-state index in [9.17, 15) is 0 Å². The van der Waals surface area contributed by atoms with Crippen LogP contribution in [0.15, 0.2) is 6.07 Å². The second kappa shape index (κ2) is 6.71. The minimum Gasteiger partial charge on any atom is -0.379 e. The van der Waals surface area contributed by atoms with E-state index in [1.807, 2.05) is 0 Å². The topological polar surface area (TPSA) is 41.5 Å². The summed E-state index contributed by atoms with van der Waals surface area (Å²) in [6.07, 6.45) is 3.91. The summed E-state index contributed by atoms with van der Waals surface area (Å²) in [5.74, 6) is 1.54. The molecule has 0 spiro atoms. The standard InChI is InChI=1S/C16H26N4O/c1-13-12-15(14-4-3-5-14)18-16(17-13)19(2)6-7-20-8-10-21-11-9-20/h12,14H,3-11H2,1-2H3. The molecule has 0 amide bonds. The van der Waals surface area contributed by atoms with Gasteiger partial charge in [-0.3, -0.25) is 4.90 Å². The fourth-order valence-corrected chi connectivity index (χ4v) is 2.88. The Kier molecular flexibility index (Phi) is 4.70. The third-order valence-electron chi connectivity index (χ3n) is 4.58. The highest BCUT2D eigenvalue weighted by Crippen LogP contribution is 2.35. The van der Waals surface area contributed by atoms with E-state index in [1.54, 1.807) is 0 Å². The van der Waals surface area contributed by atoms with Crippen molar-refractivity contribution in [3.05, 3.63) is 17.5 Å². The monoisotopic (exact) mass is 290 g/mol. The molecule has 3 rings (SSSR count). The average molecular weight is 290 g/mol. The summed E-state index contributed by atoms with van der Waals surface area (Å²) < 4.78 is 5.39. The quantitative estimate of drug-likeness (QED) is 0.827. The van der Waals surface area contributed by atoms with Gasteiger partial charge in [0.25, 0.3) is 0 Å². The van der Waals surface area contributed by atoms with Gasteiger partial charge < -0.3 is 9.64 Å². The molecule has 1 saturated carbocycles. The molecule has 116 valence electrons. The molecule has 1 saturated heterocycles. The van der Waals surface area contributed by atoms with Crippen LogP contribution in [0.5, 0.6) is 0 Å². The normalized spacial score (nSPS) is 20.3. The predicted octanol–water partition coefficient (Wildman–Crippen LogP) is 1.82. The van der Waals surface area contributed by atoms with Crippen molar-refractivity contribution < 1.29 is 4.74 Å². The summed E-state index contributed by atoms with van der Waals surface area (Å²) in [5.41, 5.74) is 2.32.